The van der Waals surface area contributed by atoms with Crippen LogP contribution in [0.3, 0.4) is 0 Å². The summed E-state index contributed by atoms with van der Waals surface area (Å²) in [5, 5.41) is 0. The molecule has 4 aliphatic rings. The number of allylic oxidation sites excluding steroid dienone is 4. The van der Waals surface area contributed by atoms with Crippen LogP contribution >= 0.6 is 0 Å². The van der Waals surface area contributed by atoms with Gasteiger partial charge in [0.05, 0.1) is 0 Å². The highest BCUT2D eigenvalue weighted by molar-refractivity contribution is 5.95. The Labute approximate surface area is 192 Å². The van der Waals surface area contributed by atoms with E-state index in [0.29, 0.717) is 28.4 Å². The minimum Gasteiger partial charge on any atom is -0.294 e. The van der Waals surface area contributed by atoms with E-state index in [2.05, 4.69) is 67.5 Å². The zero-order chi connectivity index (χ0) is 22.8. The van der Waals surface area contributed by atoms with E-state index in [9.17, 15) is 4.79 Å². The summed E-state index contributed by atoms with van der Waals surface area (Å²) in [7, 11) is 0. The predicted octanol–water partition coefficient (Wildman–Crippen LogP) is 8.40. The summed E-state index contributed by atoms with van der Waals surface area (Å²) in [5.74, 6) is 3.90. The molecule has 4 rings (SSSR count). The van der Waals surface area contributed by atoms with Gasteiger partial charge in [-0.15, -0.1) is 0 Å². The second-order valence-electron chi connectivity index (χ2n) is 13.5. The number of carbonyl (C=O) groups is 1. The van der Waals surface area contributed by atoms with Crippen LogP contribution in [0.5, 0.6) is 0 Å². The van der Waals surface area contributed by atoms with Gasteiger partial charge in [0.1, 0.15) is 0 Å². The standard InChI is InChI=1S/C30H48O/c1-20(2)10-9-11-21(3)22-14-18-30(8)24-12-13-25-27(4,5)26(31)16-17-28(25,6)23(24)15-19-29(22,30)7/h12,16-17,20-23,25H,9-11,13-15,18-19H2,1-8H3/t21-,22-,23-,25-,28+,29-,30+/m0/s1. The predicted molar refractivity (Wildman–Crippen MR) is 132 cm³/mol. The molecular weight excluding hydrogens is 376 g/mol. The molecule has 1 nitrogen and oxygen atoms in total. The number of carbonyl (C=O) groups excluding carboxylic acids is 1. The quantitative estimate of drug-likeness (QED) is 0.405. The fraction of sp³-hybridized carbons (Fsp3) is 0.833. The van der Waals surface area contributed by atoms with E-state index in [1.807, 2.05) is 6.08 Å². The molecular formula is C30H48O. The molecule has 0 aromatic heterocycles. The van der Waals surface area contributed by atoms with E-state index < -0.39 is 0 Å². The van der Waals surface area contributed by atoms with Crippen molar-refractivity contribution in [3.63, 3.8) is 0 Å². The van der Waals surface area contributed by atoms with Crippen LogP contribution in [-0.2, 0) is 4.79 Å². The zero-order valence-corrected chi connectivity index (χ0v) is 21.7. The third-order valence-electron chi connectivity index (χ3n) is 11.3. The van der Waals surface area contributed by atoms with Gasteiger partial charge in [0.25, 0.3) is 0 Å². The summed E-state index contributed by atoms with van der Waals surface area (Å²) < 4.78 is 0. The first-order chi connectivity index (χ1) is 14.4. The van der Waals surface area contributed by atoms with Crippen LogP contribution in [0.15, 0.2) is 23.8 Å². The molecule has 0 unspecified atom stereocenters. The summed E-state index contributed by atoms with van der Waals surface area (Å²) in [4.78, 5) is 12.7. The number of hydrogen-bond acceptors (Lipinski definition) is 1. The lowest BCUT2D eigenvalue weighted by molar-refractivity contribution is -0.131. The molecule has 174 valence electrons. The van der Waals surface area contributed by atoms with Crippen molar-refractivity contribution in [1.82, 2.24) is 0 Å². The minimum atomic E-state index is -0.240. The average Bonchev–Trinajstić information content (AvgIpc) is 2.96. The molecule has 0 heterocycles. The maximum atomic E-state index is 12.7. The van der Waals surface area contributed by atoms with Gasteiger partial charge in [-0.05, 0) is 84.0 Å². The topological polar surface area (TPSA) is 17.1 Å². The third-order valence-corrected chi connectivity index (χ3v) is 11.3. The first-order valence-corrected chi connectivity index (χ1v) is 13.3. The van der Waals surface area contributed by atoms with Gasteiger partial charge in [0.15, 0.2) is 5.78 Å². The van der Waals surface area contributed by atoms with Crippen LogP contribution in [0.1, 0.15) is 107 Å². The Morgan fingerprint density at radius 2 is 1.71 bits per heavy atom. The van der Waals surface area contributed by atoms with Gasteiger partial charge < -0.3 is 0 Å². The van der Waals surface area contributed by atoms with Crippen molar-refractivity contribution in [2.24, 2.45) is 51.2 Å². The minimum absolute atomic E-state index is 0.132. The molecule has 0 aromatic rings. The molecule has 2 fully saturated rings. The van der Waals surface area contributed by atoms with E-state index in [1.165, 1.54) is 44.9 Å². The molecule has 0 bridgehead atoms. The van der Waals surface area contributed by atoms with Crippen molar-refractivity contribution in [2.45, 2.75) is 107 Å². The Balaban J connectivity index is 1.62. The van der Waals surface area contributed by atoms with Crippen molar-refractivity contribution in [3.8, 4) is 0 Å². The number of rotatable bonds is 5. The van der Waals surface area contributed by atoms with Crippen LogP contribution in [0, 0.1) is 51.2 Å². The lowest BCUT2D eigenvalue weighted by atomic mass is 9.42. The van der Waals surface area contributed by atoms with Crippen molar-refractivity contribution in [2.75, 3.05) is 0 Å². The summed E-state index contributed by atoms with van der Waals surface area (Å²) >= 11 is 0. The molecule has 31 heavy (non-hydrogen) atoms. The Morgan fingerprint density at radius 3 is 2.39 bits per heavy atom. The number of hydrogen-bond donors (Lipinski definition) is 0. The molecule has 0 aliphatic heterocycles. The van der Waals surface area contributed by atoms with Crippen LogP contribution in [0.2, 0.25) is 0 Å². The molecule has 1 heteroatoms. The van der Waals surface area contributed by atoms with Gasteiger partial charge in [0, 0.05) is 5.41 Å². The lowest BCUT2D eigenvalue weighted by Gasteiger charge is -2.62. The van der Waals surface area contributed by atoms with E-state index >= 15 is 0 Å². The van der Waals surface area contributed by atoms with Crippen LogP contribution in [0.4, 0.5) is 0 Å². The SMILES string of the molecule is CC(C)CCC[C@H](C)[C@@H]1CC[C@]2(C)C3=CC[C@H]4C(C)(C)C(=O)C=C[C@]4(C)[C@H]3CC[C@@]12C. The molecule has 2 saturated carbocycles. The maximum Gasteiger partial charge on any atom is 0.161 e. The van der Waals surface area contributed by atoms with Gasteiger partial charge in [-0.2, -0.15) is 0 Å². The Hall–Kier alpha value is -0.850. The van der Waals surface area contributed by atoms with Gasteiger partial charge >= 0.3 is 0 Å². The second-order valence-corrected chi connectivity index (χ2v) is 13.5. The van der Waals surface area contributed by atoms with Crippen molar-refractivity contribution in [3.05, 3.63) is 23.8 Å². The van der Waals surface area contributed by atoms with Crippen LogP contribution in [-0.4, -0.2) is 5.78 Å². The average molecular weight is 425 g/mol. The number of fused-ring (bicyclic) bond motifs is 5. The molecule has 0 radical (unpaired) electrons. The Bertz CT molecular complexity index is 784. The van der Waals surface area contributed by atoms with Crippen LogP contribution < -0.4 is 0 Å². The van der Waals surface area contributed by atoms with Gasteiger partial charge in [-0.1, -0.05) is 92.4 Å². The Morgan fingerprint density at radius 1 is 1.00 bits per heavy atom. The van der Waals surface area contributed by atoms with E-state index in [1.54, 1.807) is 5.57 Å². The summed E-state index contributed by atoms with van der Waals surface area (Å²) in [6.07, 6.45) is 17.6. The van der Waals surface area contributed by atoms with Crippen LogP contribution in [0.25, 0.3) is 0 Å². The summed E-state index contributed by atoms with van der Waals surface area (Å²) in [6, 6.07) is 0. The summed E-state index contributed by atoms with van der Waals surface area (Å²) in [6.45, 7) is 19.4. The smallest absolute Gasteiger partial charge is 0.161 e. The van der Waals surface area contributed by atoms with Gasteiger partial charge in [-0.25, -0.2) is 0 Å². The van der Waals surface area contributed by atoms with E-state index in [-0.39, 0.29) is 10.8 Å². The molecule has 0 spiro atoms. The molecule has 4 aliphatic carbocycles. The molecule has 0 amide bonds. The first-order valence-electron chi connectivity index (χ1n) is 13.3. The second kappa shape index (κ2) is 7.59. The van der Waals surface area contributed by atoms with Gasteiger partial charge in [0.2, 0.25) is 0 Å². The molecule has 0 aromatic carbocycles. The third kappa shape index (κ3) is 3.26. The fourth-order valence-electron chi connectivity index (χ4n) is 9.04. The molecule has 7 atom stereocenters. The monoisotopic (exact) mass is 424 g/mol. The van der Waals surface area contributed by atoms with Crippen molar-refractivity contribution in [1.29, 1.82) is 0 Å². The first kappa shape index (κ1) is 23.3. The maximum absolute atomic E-state index is 12.7. The fourth-order valence-corrected chi connectivity index (χ4v) is 9.04. The van der Waals surface area contributed by atoms with Crippen molar-refractivity contribution < 1.29 is 4.79 Å². The molecule has 0 saturated heterocycles. The van der Waals surface area contributed by atoms with E-state index in [0.717, 1.165) is 24.2 Å². The van der Waals surface area contributed by atoms with E-state index in [4.69, 9.17) is 0 Å². The normalized spacial score (nSPS) is 44.5. The Kier molecular flexibility index (Phi) is 5.71. The lowest BCUT2D eigenvalue weighted by Crippen LogP contribution is -2.55. The molecule has 0 N–H and O–H groups in total. The largest absolute Gasteiger partial charge is 0.294 e. The van der Waals surface area contributed by atoms with Crippen molar-refractivity contribution >= 4 is 5.78 Å². The highest BCUT2D eigenvalue weighted by atomic mass is 16.1. The highest BCUT2D eigenvalue weighted by Gasteiger charge is 2.64. The highest BCUT2D eigenvalue weighted by Crippen LogP contribution is 2.72. The summed E-state index contributed by atoms with van der Waals surface area (Å²) in [5.41, 5.74) is 2.43. The number of ketones is 1. The van der Waals surface area contributed by atoms with Gasteiger partial charge in [-0.3, -0.25) is 4.79 Å². The zero-order valence-electron chi connectivity index (χ0n) is 21.7.